The normalized spacial score (nSPS) is 37.2. The highest BCUT2D eigenvalue weighted by atomic mass is 16.2. The Bertz CT molecular complexity index is 365. The van der Waals surface area contributed by atoms with Crippen LogP contribution in [0.5, 0.6) is 0 Å². The largest absolute Gasteiger partial charge is 0.342 e. The van der Waals surface area contributed by atoms with E-state index < -0.39 is 0 Å². The van der Waals surface area contributed by atoms with Gasteiger partial charge in [0.1, 0.15) is 0 Å². The molecule has 2 saturated heterocycles. The van der Waals surface area contributed by atoms with Crippen molar-refractivity contribution in [1.29, 1.82) is 0 Å². The number of nitrogens with one attached hydrogen (secondary N) is 1. The fourth-order valence-electron chi connectivity index (χ4n) is 4.40. The highest BCUT2D eigenvalue weighted by Crippen LogP contribution is 2.27. The molecule has 1 N–H and O–H groups in total. The monoisotopic (exact) mass is 293 g/mol. The summed E-state index contributed by atoms with van der Waals surface area (Å²) < 4.78 is 0. The van der Waals surface area contributed by atoms with Crippen LogP contribution in [-0.4, -0.2) is 61.0 Å². The van der Waals surface area contributed by atoms with Crippen molar-refractivity contribution < 1.29 is 4.79 Å². The average molecular weight is 293 g/mol. The van der Waals surface area contributed by atoms with Gasteiger partial charge in [-0.05, 0) is 56.9 Å². The number of hydrogen-bond acceptors (Lipinski definition) is 3. The quantitative estimate of drug-likeness (QED) is 0.860. The third kappa shape index (κ3) is 3.59. The van der Waals surface area contributed by atoms with Crippen LogP contribution < -0.4 is 5.32 Å². The average Bonchev–Trinajstić information content (AvgIpc) is 2.95. The van der Waals surface area contributed by atoms with Crippen molar-refractivity contribution in [2.45, 2.75) is 57.5 Å². The van der Waals surface area contributed by atoms with E-state index in [0.29, 0.717) is 24.5 Å². The fraction of sp³-hybridized carbons (Fsp3) is 0.941. The lowest BCUT2D eigenvalue weighted by Crippen LogP contribution is -2.49. The number of carbonyl (C=O) groups is 1. The summed E-state index contributed by atoms with van der Waals surface area (Å²) in [4.78, 5) is 17.0. The van der Waals surface area contributed by atoms with Gasteiger partial charge in [-0.2, -0.15) is 0 Å². The lowest BCUT2D eigenvalue weighted by atomic mass is 9.86. The zero-order valence-corrected chi connectivity index (χ0v) is 13.7. The fourth-order valence-corrected chi connectivity index (χ4v) is 4.40. The van der Waals surface area contributed by atoms with Crippen molar-refractivity contribution in [2.24, 2.45) is 11.8 Å². The molecule has 0 spiro atoms. The number of hydrogen-bond donors (Lipinski definition) is 1. The lowest BCUT2D eigenvalue weighted by molar-refractivity contribution is -0.134. The highest BCUT2D eigenvalue weighted by Gasteiger charge is 2.34. The van der Waals surface area contributed by atoms with Crippen molar-refractivity contribution in [2.75, 3.05) is 33.2 Å². The van der Waals surface area contributed by atoms with Crippen LogP contribution in [0.1, 0.15) is 45.4 Å². The first kappa shape index (κ1) is 15.3. The summed E-state index contributed by atoms with van der Waals surface area (Å²) in [5.74, 6) is 1.95. The molecule has 4 nitrogen and oxygen atoms in total. The number of carbonyl (C=O) groups excluding carboxylic acids is 1. The van der Waals surface area contributed by atoms with E-state index in [9.17, 15) is 4.79 Å². The molecule has 3 rings (SSSR count). The molecular formula is C17H31N3O. The summed E-state index contributed by atoms with van der Waals surface area (Å²) in [5.41, 5.74) is 0. The SMILES string of the molecule is CC1CCC(N(C)C(=O)CN2CCC3NCCC3C2)CC1. The van der Waals surface area contributed by atoms with Crippen LogP contribution in [0.4, 0.5) is 0 Å². The smallest absolute Gasteiger partial charge is 0.236 e. The number of rotatable bonds is 3. The molecule has 0 aromatic heterocycles. The molecule has 1 aliphatic carbocycles. The van der Waals surface area contributed by atoms with Crippen molar-refractivity contribution in [3.05, 3.63) is 0 Å². The molecule has 3 fully saturated rings. The highest BCUT2D eigenvalue weighted by molar-refractivity contribution is 5.78. The first-order chi connectivity index (χ1) is 10.1. The molecule has 2 heterocycles. The molecule has 0 aromatic rings. The van der Waals surface area contributed by atoms with E-state index in [-0.39, 0.29) is 0 Å². The van der Waals surface area contributed by atoms with Gasteiger partial charge < -0.3 is 10.2 Å². The maximum atomic E-state index is 12.6. The predicted molar refractivity (Wildman–Crippen MR) is 85.1 cm³/mol. The van der Waals surface area contributed by atoms with Gasteiger partial charge in [-0.25, -0.2) is 0 Å². The van der Waals surface area contributed by atoms with Crippen LogP contribution in [0.15, 0.2) is 0 Å². The molecule has 2 atom stereocenters. The molecule has 0 aromatic carbocycles. The summed E-state index contributed by atoms with van der Waals surface area (Å²) in [6, 6.07) is 1.20. The van der Waals surface area contributed by atoms with Gasteiger partial charge in [0, 0.05) is 32.2 Å². The minimum Gasteiger partial charge on any atom is -0.342 e. The molecule has 21 heavy (non-hydrogen) atoms. The van der Waals surface area contributed by atoms with Crippen molar-refractivity contribution >= 4 is 5.91 Å². The van der Waals surface area contributed by atoms with Crippen LogP contribution in [0, 0.1) is 11.8 Å². The predicted octanol–water partition coefficient (Wildman–Crippen LogP) is 1.71. The van der Waals surface area contributed by atoms with E-state index in [2.05, 4.69) is 17.1 Å². The van der Waals surface area contributed by atoms with E-state index in [1.807, 2.05) is 11.9 Å². The Kier molecular flexibility index (Phi) is 4.85. The second-order valence-corrected chi connectivity index (χ2v) is 7.55. The molecule has 1 amide bonds. The molecule has 3 aliphatic rings. The van der Waals surface area contributed by atoms with E-state index in [0.717, 1.165) is 31.5 Å². The van der Waals surface area contributed by atoms with E-state index in [1.165, 1.54) is 38.5 Å². The summed E-state index contributed by atoms with van der Waals surface area (Å²) >= 11 is 0. The minimum absolute atomic E-state index is 0.332. The first-order valence-corrected chi connectivity index (χ1v) is 8.85. The van der Waals surface area contributed by atoms with Gasteiger partial charge in [-0.3, -0.25) is 9.69 Å². The lowest BCUT2D eigenvalue weighted by Gasteiger charge is -2.37. The van der Waals surface area contributed by atoms with Gasteiger partial charge in [0.25, 0.3) is 0 Å². The molecule has 0 radical (unpaired) electrons. The zero-order valence-electron chi connectivity index (χ0n) is 13.7. The Morgan fingerprint density at radius 3 is 2.71 bits per heavy atom. The Balaban J connectivity index is 1.47. The second kappa shape index (κ2) is 6.66. The van der Waals surface area contributed by atoms with Crippen LogP contribution in [-0.2, 0) is 4.79 Å². The summed E-state index contributed by atoms with van der Waals surface area (Å²) in [7, 11) is 2.02. The second-order valence-electron chi connectivity index (χ2n) is 7.55. The van der Waals surface area contributed by atoms with E-state index >= 15 is 0 Å². The van der Waals surface area contributed by atoms with Crippen molar-refractivity contribution in [3.63, 3.8) is 0 Å². The maximum Gasteiger partial charge on any atom is 0.236 e. The topological polar surface area (TPSA) is 35.6 Å². The third-order valence-electron chi connectivity index (χ3n) is 6.03. The number of nitrogens with zero attached hydrogens (tertiary/aromatic N) is 2. The third-order valence-corrected chi connectivity index (χ3v) is 6.03. The van der Waals surface area contributed by atoms with Gasteiger partial charge in [-0.1, -0.05) is 6.92 Å². The van der Waals surface area contributed by atoms with E-state index in [1.54, 1.807) is 0 Å². The molecule has 0 bridgehead atoms. The first-order valence-electron chi connectivity index (χ1n) is 8.85. The molecule has 4 heteroatoms. The van der Waals surface area contributed by atoms with Gasteiger partial charge >= 0.3 is 0 Å². The van der Waals surface area contributed by atoms with Crippen LogP contribution in [0.2, 0.25) is 0 Å². The van der Waals surface area contributed by atoms with Crippen LogP contribution in [0.25, 0.3) is 0 Å². The number of likely N-dealkylation sites (tertiary alicyclic amines) is 1. The summed E-state index contributed by atoms with van der Waals surface area (Å²) in [6.45, 7) is 6.31. The van der Waals surface area contributed by atoms with Gasteiger partial charge in [0.05, 0.1) is 6.54 Å². The molecule has 120 valence electrons. The van der Waals surface area contributed by atoms with Gasteiger partial charge in [-0.15, -0.1) is 0 Å². The Morgan fingerprint density at radius 2 is 1.95 bits per heavy atom. The molecule has 1 saturated carbocycles. The summed E-state index contributed by atoms with van der Waals surface area (Å²) in [6.07, 6.45) is 7.44. The van der Waals surface area contributed by atoms with Gasteiger partial charge in [0.15, 0.2) is 0 Å². The number of piperidine rings is 1. The zero-order chi connectivity index (χ0) is 14.8. The minimum atomic E-state index is 0.332. The van der Waals surface area contributed by atoms with Crippen molar-refractivity contribution in [1.82, 2.24) is 15.1 Å². The molecule has 2 aliphatic heterocycles. The van der Waals surface area contributed by atoms with Crippen molar-refractivity contribution in [3.8, 4) is 0 Å². The standard InChI is InChI=1S/C17H31N3O/c1-13-3-5-15(6-4-13)19(2)17(21)12-20-10-8-16-14(11-20)7-9-18-16/h13-16,18H,3-12H2,1-2H3. The molecular weight excluding hydrogens is 262 g/mol. The van der Waals surface area contributed by atoms with Gasteiger partial charge in [0.2, 0.25) is 5.91 Å². The number of fused-ring (bicyclic) bond motifs is 1. The molecule has 2 unspecified atom stereocenters. The number of amides is 1. The van der Waals surface area contributed by atoms with E-state index in [4.69, 9.17) is 0 Å². The Labute approximate surface area is 129 Å². The van der Waals surface area contributed by atoms with Crippen LogP contribution >= 0.6 is 0 Å². The summed E-state index contributed by atoms with van der Waals surface area (Å²) in [5, 5.41) is 3.59. The Hall–Kier alpha value is -0.610. The maximum absolute atomic E-state index is 12.6. The Morgan fingerprint density at radius 1 is 1.19 bits per heavy atom. The number of likely N-dealkylation sites (N-methyl/N-ethyl adjacent to an activating group) is 1. The van der Waals surface area contributed by atoms with Crippen LogP contribution in [0.3, 0.4) is 0 Å².